The number of carbonyl (C=O) groups is 1. The van der Waals surface area contributed by atoms with Gasteiger partial charge in [-0.15, -0.1) is 0 Å². The predicted molar refractivity (Wildman–Crippen MR) is 58.2 cm³/mol. The van der Waals surface area contributed by atoms with E-state index < -0.39 is 0 Å². The van der Waals surface area contributed by atoms with Crippen LogP contribution in [0, 0.1) is 11.8 Å². The van der Waals surface area contributed by atoms with Crippen LogP contribution in [0.3, 0.4) is 0 Å². The van der Waals surface area contributed by atoms with Crippen molar-refractivity contribution in [3.05, 3.63) is 35.4 Å². The summed E-state index contributed by atoms with van der Waals surface area (Å²) in [6.45, 7) is 3.67. The first kappa shape index (κ1) is 10.5. The maximum absolute atomic E-state index is 11.0. The lowest BCUT2D eigenvalue weighted by Gasteiger charge is -1.94. The van der Waals surface area contributed by atoms with Crippen molar-refractivity contribution >= 4 is 5.78 Å². The maximum atomic E-state index is 11.0. The van der Waals surface area contributed by atoms with Gasteiger partial charge in [-0.1, -0.05) is 30.9 Å². The molecule has 1 aromatic carbocycles. The Morgan fingerprint density at radius 2 is 1.93 bits per heavy atom. The molecular formula is C13H14O. The molecule has 0 aliphatic carbocycles. The molecule has 72 valence electrons. The molecule has 0 N–H and O–H groups in total. The van der Waals surface area contributed by atoms with E-state index in [2.05, 4.69) is 18.8 Å². The summed E-state index contributed by atoms with van der Waals surface area (Å²) >= 11 is 0. The smallest absolute Gasteiger partial charge is 0.159 e. The molecule has 0 unspecified atom stereocenters. The van der Waals surface area contributed by atoms with Crippen molar-refractivity contribution in [2.24, 2.45) is 0 Å². The SMILES string of the molecule is CCCC#Cc1ccc(C(C)=O)cc1. The molecule has 0 bridgehead atoms. The van der Waals surface area contributed by atoms with Gasteiger partial charge in [-0.3, -0.25) is 4.79 Å². The van der Waals surface area contributed by atoms with Crippen LogP contribution in [0.1, 0.15) is 42.6 Å². The average molecular weight is 186 g/mol. The molecular weight excluding hydrogens is 172 g/mol. The third kappa shape index (κ3) is 3.06. The van der Waals surface area contributed by atoms with Gasteiger partial charge in [-0.25, -0.2) is 0 Å². The maximum Gasteiger partial charge on any atom is 0.159 e. The van der Waals surface area contributed by atoms with Crippen LogP contribution < -0.4 is 0 Å². The van der Waals surface area contributed by atoms with Crippen molar-refractivity contribution in [2.75, 3.05) is 0 Å². The van der Waals surface area contributed by atoms with Gasteiger partial charge < -0.3 is 0 Å². The molecule has 0 spiro atoms. The van der Waals surface area contributed by atoms with E-state index in [0.717, 1.165) is 24.0 Å². The molecule has 0 saturated heterocycles. The fourth-order valence-corrected chi connectivity index (χ4v) is 1.08. The highest BCUT2D eigenvalue weighted by Gasteiger charge is 1.96. The summed E-state index contributed by atoms with van der Waals surface area (Å²) in [6, 6.07) is 7.41. The van der Waals surface area contributed by atoms with Crippen LogP contribution in [0.15, 0.2) is 24.3 Å². The van der Waals surface area contributed by atoms with Gasteiger partial charge in [-0.2, -0.15) is 0 Å². The number of hydrogen-bond acceptors (Lipinski definition) is 1. The minimum Gasteiger partial charge on any atom is -0.295 e. The van der Waals surface area contributed by atoms with E-state index in [1.807, 2.05) is 24.3 Å². The van der Waals surface area contributed by atoms with Crippen molar-refractivity contribution in [3.8, 4) is 11.8 Å². The Morgan fingerprint density at radius 3 is 2.43 bits per heavy atom. The Kier molecular flexibility index (Phi) is 3.94. The Morgan fingerprint density at radius 1 is 1.29 bits per heavy atom. The Balaban J connectivity index is 2.75. The van der Waals surface area contributed by atoms with Gasteiger partial charge >= 0.3 is 0 Å². The van der Waals surface area contributed by atoms with Gasteiger partial charge in [0.1, 0.15) is 0 Å². The van der Waals surface area contributed by atoms with Crippen LogP contribution in [0.2, 0.25) is 0 Å². The van der Waals surface area contributed by atoms with E-state index in [1.54, 1.807) is 6.92 Å². The van der Waals surface area contributed by atoms with Gasteiger partial charge in [0.15, 0.2) is 5.78 Å². The number of ketones is 1. The molecule has 0 fully saturated rings. The van der Waals surface area contributed by atoms with E-state index >= 15 is 0 Å². The number of rotatable bonds is 2. The second kappa shape index (κ2) is 5.24. The van der Waals surface area contributed by atoms with E-state index in [0.29, 0.717) is 0 Å². The third-order valence-electron chi connectivity index (χ3n) is 1.90. The first-order chi connectivity index (χ1) is 6.74. The van der Waals surface area contributed by atoms with Crippen molar-refractivity contribution < 1.29 is 4.79 Å². The quantitative estimate of drug-likeness (QED) is 0.512. The van der Waals surface area contributed by atoms with Gasteiger partial charge in [0.25, 0.3) is 0 Å². The standard InChI is InChI=1S/C13H14O/c1-3-4-5-6-12-7-9-13(10-8-12)11(2)14/h7-10H,3-4H2,1-2H3. The van der Waals surface area contributed by atoms with Gasteiger partial charge in [0, 0.05) is 17.5 Å². The Hall–Kier alpha value is -1.55. The summed E-state index contributed by atoms with van der Waals surface area (Å²) in [4.78, 5) is 11.0. The highest BCUT2D eigenvalue weighted by atomic mass is 16.1. The molecule has 0 atom stereocenters. The topological polar surface area (TPSA) is 17.1 Å². The summed E-state index contributed by atoms with van der Waals surface area (Å²) in [5.41, 5.74) is 1.72. The molecule has 0 amide bonds. The van der Waals surface area contributed by atoms with Gasteiger partial charge in [0.2, 0.25) is 0 Å². The van der Waals surface area contributed by atoms with Crippen LogP contribution in [0.25, 0.3) is 0 Å². The molecule has 0 aliphatic rings. The molecule has 1 rings (SSSR count). The van der Waals surface area contributed by atoms with Gasteiger partial charge in [-0.05, 0) is 25.5 Å². The summed E-state index contributed by atoms with van der Waals surface area (Å²) < 4.78 is 0. The highest BCUT2D eigenvalue weighted by Crippen LogP contribution is 2.03. The van der Waals surface area contributed by atoms with Crippen LogP contribution in [0.5, 0.6) is 0 Å². The van der Waals surface area contributed by atoms with Crippen LogP contribution in [-0.2, 0) is 0 Å². The monoisotopic (exact) mass is 186 g/mol. The lowest BCUT2D eigenvalue weighted by molar-refractivity contribution is 0.101. The molecule has 0 saturated carbocycles. The zero-order valence-corrected chi connectivity index (χ0v) is 8.63. The van der Waals surface area contributed by atoms with Crippen molar-refractivity contribution in [1.82, 2.24) is 0 Å². The second-order valence-electron chi connectivity index (χ2n) is 3.19. The van der Waals surface area contributed by atoms with Crippen molar-refractivity contribution in [1.29, 1.82) is 0 Å². The molecule has 0 aromatic heterocycles. The second-order valence-corrected chi connectivity index (χ2v) is 3.19. The minimum atomic E-state index is 0.0954. The first-order valence-electron chi connectivity index (χ1n) is 4.84. The molecule has 0 heterocycles. The van der Waals surface area contributed by atoms with Crippen LogP contribution in [0.4, 0.5) is 0 Å². The minimum absolute atomic E-state index is 0.0954. The number of carbonyl (C=O) groups excluding carboxylic acids is 1. The van der Waals surface area contributed by atoms with Gasteiger partial charge in [0.05, 0.1) is 0 Å². The summed E-state index contributed by atoms with van der Waals surface area (Å²) in [5, 5.41) is 0. The predicted octanol–water partition coefficient (Wildman–Crippen LogP) is 3.04. The lowest BCUT2D eigenvalue weighted by Crippen LogP contribution is -1.90. The third-order valence-corrected chi connectivity index (χ3v) is 1.90. The largest absolute Gasteiger partial charge is 0.295 e. The normalized spacial score (nSPS) is 9.00. The van der Waals surface area contributed by atoms with E-state index in [1.165, 1.54) is 0 Å². The number of hydrogen-bond donors (Lipinski definition) is 0. The Labute approximate surface area is 85.1 Å². The Bertz CT molecular complexity index is 362. The number of Topliss-reactive ketones (excluding diaryl/α,β-unsaturated/α-hetero) is 1. The zero-order chi connectivity index (χ0) is 10.4. The van der Waals surface area contributed by atoms with E-state index in [9.17, 15) is 4.79 Å². The molecule has 0 aliphatic heterocycles. The fraction of sp³-hybridized carbons (Fsp3) is 0.308. The molecule has 14 heavy (non-hydrogen) atoms. The number of unbranched alkanes of at least 4 members (excludes halogenated alkanes) is 1. The summed E-state index contributed by atoms with van der Waals surface area (Å²) in [5.74, 6) is 6.21. The molecule has 1 heteroatoms. The first-order valence-corrected chi connectivity index (χ1v) is 4.84. The molecule has 1 aromatic rings. The van der Waals surface area contributed by atoms with Crippen LogP contribution >= 0.6 is 0 Å². The van der Waals surface area contributed by atoms with Crippen molar-refractivity contribution in [2.45, 2.75) is 26.7 Å². The summed E-state index contributed by atoms with van der Waals surface area (Å²) in [7, 11) is 0. The van der Waals surface area contributed by atoms with E-state index in [-0.39, 0.29) is 5.78 Å². The van der Waals surface area contributed by atoms with E-state index in [4.69, 9.17) is 0 Å². The number of benzene rings is 1. The highest BCUT2D eigenvalue weighted by molar-refractivity contribution is 5.94. The summed E-state index contributed by atoms with van der Waals surface area (Å²) in [6.07, 6.45) is 2.01. The zero-order valence-electron chi connectivity index (χ0n) is 8.63. The molecule has 0 radical (unpaired) electrons. The lowest BCUT2D eigenvalue weighted by atomic mass is 10.1. The fourth-order valence-electron chi connectivity index (χ4n) is 1.08. The van der Waals surface area contributed by atoms with Crippen LogP contribution in [-0.4, -0.2) is 5.78 Å². The average Bonchev–Trinajstić information content (AvgIpc) is 2.19. The molecule has 1 nitrogen and oxygen atoms in total. The van der Waals surface area contributed by atoms with Crippen molar-refractivity contribution in [3.63, 3.8) is 0 Å².